The summed E-state index contributed by atoms with van der Waals surface area (Å²) in [4.78, 5) is 18.6. The Kier molecular flexibility index (Phi) is 4.70. The Morgan fingerprint density at radius 3 is 3.00 bits per heavy atom. The predicted molar refractivity (Wildman–Crippen MR) is 98.2 cm³/mol. The van der Waals surface area contributed by atoms with E-state index in [0.717, 1.165) is 19.3 Å². The smallest absolute Gasteiger partial charge is 0.322 e. The van der Waals surface area contributed by atoms with Gasteiger partial charge in [0.25, 0.3) is 0 Å². The third kappa shape index (κ3) is 3.35. The van der Waals surface area contributed by atoms with Gasteiger partial charge in [0.2, 0.25) is 5.88 Å². The third-order valence-electron chi connectivity index (χ3n) is 5.70. The Morgan fingerprint density at radius 2 is 2.22 bits per heavy atom. The van der Waals surface area contributed by atoms with Gasteiger partial charge in [0.15, 0.2) is 11.6 Å². The van der Waals surface area contributed by atoms with E-state index in [0.29, 0.717) is 24.7 Å². The molecule has 6 nitrogen and oxygen atoms in total. The molecule has 1 aliphatic heterocycles. The number of anilines is 1. The number of fused-ring (bicyclic) bond motifs is 1. The number of benzene rings is 1. The second-order valence-electron chi connectivity index (χ2n) is 7.31. The van der Waals surface area contributed by atoms with Crippen LogP contribution in [-0.2, 0) is 0 Å². The number of aliphatic hydroxyl groups is 1. The second kappa shape index (κ2) is 7.15. The summed E-state index contributed by atoms with van der Waals surface area (Å²) < 4.78 is 19.4. The first kappa shape index (κ1) is 17.7. The molecule has 1 saturated carbocycles. The number of aliphatic hydroxyl groups excluding tert-OH is 1. The van der Waals surface area contributed by atoms with E-state index in [-0.39, 0.29) is 29.7 Å². The van der Waals surface area contributed by atoms with E-state index in [1.165, 1.54) is 18.3 Å². The Morgan fingerprint density at radius 1 is 1.37 bits per heavy atom. The molecule has 2 fully saturated rings. The molecule has 2 N–H and O–H groups in total. The number of urea groups is 1. The lowest BCUT2D eigenvalue weighted by Crippen LogP contribution is -2.36. The molecule has 0 bridgehead atoms. The molecule has 27 heavy (non-hydrogen) atoms. The average Bonchev–Trinajstić information content (AvgIpc) is 3.23. The van der Waals surface area contributed by atoms with Crippen molar-refractivity contribution in [3.05, 3.63) is 48.4 Å². The van der Waals surface area contributed by atoms with Gasteiger partial charge in [0, 0.05) is 24.7 Å². The molecule has 1 saturated heterocycles. The van der Waals surface area contributed by atoms with Gasteiger partial charge in [-0.15, -0.1) is 0 Å². The summed E-state index contributed by atoms with van der Waals surface area (Å²) >= 11 is 0. The quantitative estimate of drug-likeness (QED) is 0.860. The molecule has 7 heteroatoms. The highest BCUT2D eigenvalue weighted by molar-refractivity contribution is 5.90. The van der Waals surface area contributed by atoms with Gasteiger partial charge < -0.3 is 20.1 Å². The van der Waals surface area contributed by atoms with E-state index >= 15 is 0 Å². The van der Waals surface area contributed by atoms with Crippen LogP contribution in [0.5, 0.6) is 11.6 Å². The molecule has 2 aromatic rings. The van der Waals surface area contributed by atoms with Crippen LogP contribution in [0.3, 0.4) is 0 Å². The number of nitrogens with zero attached hydrogens (tertiary/aromatic N) is 2. The minimum atomic E-state index is -0.502. The molecule has 4 rings (SSSR count). The minimum absolute atomic E-state index is 0.0432. The van der Waals surface area contributed by atoms with Crippen molar-refractivity contribution in [2.24, 2.45) is 11.3 Å². The Labute approximate surface area is 157 Å². The van der Waals surface area contributed by atoms with Crippen LogP contribution in [-0.4, -0.2) is 40.7 Å². The molecule has 2 aliphatic rings. The topological polar surface area (TPSA) is 74.7 Å². The van der Waals surface area contributed by atoms with Gasteiger partial charge in [-0.2, -0.15) is 0 Å². The Bertz CT molecular complexity index is 847. The number of hydrogen-bond acceptors (Lipinski definition) is 4. The maximum atomic E-state index is 13.9. The third-order valence-corrected chi connectivity index (χ3v) is 5.70. The van der Waals surface area contributed by atoms with E-state index in [1.807, 2.05) is 0 Å². The number of carbonyl (C=O) groups is 1. The van der Waals surface area contributed by atoms with Crippen LogP contribution in [0, 0.1) is 17.2 Å². The summed E-state index contributed by atoms with van der Waals surface area (Å²) in [6, 6.07) is 9.12. The highest BCUT2D eigenvalue weighted by Gasteiger charge is 2.50. The molecule has 2 heterocycles. The molecular weight excluding hydrogens is 349 g/mol. The number of rotatable bonds is 4. The second-order valence-corrected chi connectivity index (χ2v) is 7.31. The fourth-order valence-corrected chi connectivity index (χ4v) is 4.22. The SMILES string of the molecule is O=C(Nc1cccnc1Oc1ccccc1F)N1C[C@@H]2CCC[C@]2(CO)C1. The first-order valence-corrected chi connectivity index (χ1v) is 9.15. The fraction of sp³-hybridized carbons (Fsp3) is 0.400. The van der Waals surface area contributed by atoms with Gasteiger partial charge >= 0.3 is 6.03 Å². The molecule has 142 valence electrons. The van der Waals surface area contributed by atoms with Crippen molar-refractivity contribution in [3.8, 4) is 11.6 Å². The maximum absolute atomic E-state index is 13.9. The van der Waals surface area contributed by atoms with E-state index in [1.54, 1.807) is 29.2 Å². The van der Waals surface area contributed by atoms with Crippen molar-refractivity contribution < 1.29 is 19.0 Å². The van der Waals surface area contributed by atoms with Crippen LogP contribution >= 0.6 is 0 Å². The molecule has 1 aliphatic carbocycles. The molecule has 2 amide bonds. The van der Waals surface area contributed by atoms with Crippen LogP contribution in [0.2, 0.25) is 0 Å². The number of ether oxygens (including phenoxy) is 1. The minimum Gasteiger partial charge on any atom is -0.434 e. The van der Waals surface area contributed by atoms with Gasteiger partial charge in [-0.3, -0.25) is 0 Å². The zero-order valence-corrected chi connectivity index (χ0v) is 14.9. The van der Waals surface area contributed by atoms with Crippen molar-refractivity contribution in [2.45, 2.75) is 19.3 Å². The van der Waals surface area contributed by atoms with Crippen molar-refractivity contribution >= 4 is 11.7 Å². The number of halogens is 1. The lowest BCUT2D eigenvalue weighted by atomic mass is 9.82. The summed E-state index contributed by atoms with van der Waals surface area (Å²) in [7, 11) is 0. The molecule has 2 atom stereocenters. The van der Waals surface area contributed by atoms with Gasteiger partial charge in [0.05, 0.1) is 6.61 Å². The highest BCUT2D eigenvalue weighted by atomic mass is 19.1. The standard InChI is InChI=1S/C20H22FN3O3/c21-15-6-1-2-8-17(15)27-18-16(7-4-10-22-18)23-19(26)24-11-14-5-3-9-20(14,12-24)13-25/h1-2,4,6-8,10,14,25H,3,5,9,11-13H2,(H,23,26)/t14-,20+/m0/s1. The van der Waals surface area contributed by atoms with Gasteiger partial charge in [-0.1, -0.05) is 18.6 Å². The van der Waals surface area contributed by atoms with Crippen LogP contribution < -0.4 is 10.1 Å². The monoisotopic (exact) mass is 371 g/mol. The molecule has 0 spiro atoms. The van der Waals surface area contributed by atoms with E-state index in [2.05, 4.69) is 10.3 Å². The summed E-state index contributed by atoms with van der Waals surface area (Å²) in [5, 5.41) is 12.6. The predicted octanol–water partition coefficient (Wildman–Crippen LogP) is 3.64. The Balaban J connectivity index is 1.49. The zero-order valence-electron chi connectivity index (χ0n) is 14.9. The number of hydrogen-bond donors (Lipinski definition) is 2. The van der Waals surface area contributed by atoms with Crippen molar-refractivity contribution in [2.75, 3.05) is 25.0 Å². The molecule has 0 radical (unpaired) electrons. The van der Waals surface area contributed by atoms with Crippen LogP contribution in [0.4, 0.5) is 14.9 Å². The maximum Gasteiger partial charge on any atom is 0.322 e. The number of carbonyl (C=O) groups excluding carboxylic acids is 1. The number of amides is 2. The molecule has 0 unspecified atom stereocenters. The van der Waals surface area contributed by atoms with E-state index in [9.17, 15) is 14.3 Å². The lowest BCUT2D eigenvalue weighted by Gasteiger charge is -2.26. The van der Waals surface area contributed by atoms with Crippen LogP contribution in [0.15, 0.2) is 42.6 Å². The fourth-order valence-electron chi connectivity index (χ4n) is 4.22. The van der Waals surface area contributed by atoms with Gasteiger partial charge in [-0.05, 0) is 43.0 Å². The van der Waals surface area contributed by atoms with Gasteiger partial charge in [-0.25, -0.2) is 14.2 Å². The first-order valence-electron chi connectivity index (χ1n) is 9.15. The van der Waals surface area contributed by atoms with E-state index < -0.39 is 5.82 Å². The lowest BCUT2D eigenvalue weighted by molar-refractivity contribution is 0.114. The zero-order chi connectivity index (χ0) is 18.9. The Hall–Kier alpha value is -2.67. The summed E-state index contributed by atoms with van der Waals surface area (Å²) in [5.41, 5.74) is 0.208. The molecule has 1 aromatic heterocycles. The van der Waals surface area contributed by atoms with Crippen LogP contribution in [0.1, 0.15) is 19.3 Å². The van der Waals surface area contributed by atoms with Crippen molar-refractivity contribution in [1.29, 1.82) is 0 Å². The summed E-state index contributed by atoms with van der Waals surface area (Å²) in [6.45, 7) is 1.29. The number of likely N-dealkylation sites (tertiary alicyclic amines) is 1. The van der Waals surface area contributed by atoms with Crippen molar-refractivity contribution in [3.63, 3.8) is 0 Å². The van der Waals surface area contributed by atoms with E-state index in [4.69, 9.17) is 4.74 Å². The highest BCUT2D eigenvalue weighted by Crippen LogP contribution is 2.48. The molecule has 1 aromatic carbocycles. The average molecular weight is 371 g/mol. The summed E-state index contributed by atoms with van der Waals surface area (Å²) in [5.74, 6) is 0.0165. The first-order chi connectivity index (χ1) is 13.1. The largest absolute Gasteiger partial charge is 0.434 e. The number of pyridine rings is 1. The summed E-state index contributed by atoms with van der Waals surface area (Å²) in [6.07, 6.45) is 4.61. The number of nitrogens with one attached hydrogen (secondary N) is 1. The van der Waals surface area contributed by atoms with Crippen LogP contribution in [0.25, 0.3) is 0 Å². The van der Waals surface area contributed by atoms with Gasteiger partial charge in [0.1, 0.15) is 5.69 Å². The normalized spacial score (nSPS) is 23.9. The van der Waals surface area contributed by atoms with Crippen molar-refractivity contribution in [1.82, 2.24) is 9.88 Å². The number of para-hydroxylation sites is 1. The molecular formula is C20H22FN3O3. The number of aromatic nitrogens is 1.